The van der Waals surface area contributed by atoms with Gasteiger partial charge in [0, 0.05) is 5.41 Å². The van der Waals surface area contributed by atoms with Crippen LogP contribution in [0, 0.1) is 0 Å². The molecule has 0 amide bonds. The van der Waals surface area contributed by atoms with E-state index in [4.69, 9.17) is 14.6 Å². The van der Waals surface area contributed by atoms with Gasteiger partial charge >= 0.3 is 5.97 Å². The quantitative estimate of drug-likeness (QED) is 0.926. The zero-order valence-electron chi connectivity index (χ0n) is 12.2. The predicted molar refractivity (Wildman–Crippen MR) is 74.7 cm³/mol. The van der Waals surface area contributed by atoms with Crippen LogP contribution in [0.25, 0.3) is 0 Å². The maximum Gasteiger partial charge on any atom is 0.304 e. The minimum Gasteiger partial charge on any atom is -0.486 e. The Morgan fingerprint density at radius 1 is 1.29 bits per heavy atom. The van der Waals surface area contributed by atoms with Crippen molar-refractivity contribution in [3.63, 3.8) is 0 Å². The van der Waals surface area contributed by atoms with Crippen LogP contribution in [-0.2, 0) is 15.9 Å². The molecule has 5 heteroatoms. The van der Waals surface area contributed by atoms with E-state index in [0.717, 1.165) is 18.4 Å². The first-order valence-corrected chi connectivity index (χ1v) is 7.17. The molecule has 4 nitrogen and oxygen atoms in total. The molecule has 2 aliphatic rings. The molecule has 1 aliphatic carbocycles. The van der Waals surface area contributed by atoms with Gasteiger partial charge in [-0.25, -0.2) is 4.39 Å². The van der Waals surface area contributed by atoms with Crippen LogP contribution in [-0.4, -0.2) is 24.3 Å². The molecule has 1 N–H and O–H groups in total. The highest BCUT2D eigenvalue weighted by molar-refractivity contribution is 5.71. The van der Waals surface area contributed by atoms with Crippen LogP contribution in [0.2, 0.25) is 0 Å². The highest BCUT2D eigenvalue weighted by Crippen LogP contribution is 2.55. The van der Waals surface area contributed by atoms with Crippen LogP contribution >= 0.6 is 0 Å². The second-order valence-corrected chi connectivity index (χ2v) is 6.36. The maximum absolute atomic E-state index is 14.6. The largest absolute Gasteiger partial charge is 0.486 e. The topological polar surface area (TPSA) is 55.8 Å². The summed E-state index contributed by atoms with van der Waals surface area (Å²) in [6.07, 6.45) is 1.56. The number of carboxylic acids is 1. The van der Waals surface area contributed by atoms with Crippen molar-refractivity contribution in [2.45, 2.75) is 44.2 Å². The van der Waals surface area contributed by atoms with Crippen LogP contribution in [0.15, 0.2) is 12.1 Å². The van der Waals surface area contributed by atoms with Crippen LogP contribution in [0.4, 0.5) is 4.39 Å². The van der Waals surface area contributed by atoms with E-state index in [1.54, 1.807) is 12.1 Å². The molecular formula is C16H19FO4. The molecule has 1 saturated carbocycles. The molecule has 0 radical (unpaired) electrons. The van der Waals surface area contributed by atoms with Crippen LogP contribution in [0.3, 0.4) is 0 Å². The first kappa shape index (κ1) is 14.2. The molecule has 1 aromatic rings. The number of ether oxygens (including phenoxy) is 2. The standard InChI is InChI=1S/C16H19FO4/c1-15(2,17)10-7-12-13(21-6-5-20-12)8-11(10)16(3-4-16)9-14(18)19/h7-8H,3-6,9H2,1-2H3,(H,18,19). The molecule has 1 aromatic carbocycles. The minimum absolute atomic E-state index is 0.0235. The number of carbonyl (C=O) groups is 1. The number of fused-ring (bicyclic) bond motifs is 1. The van der Waals surface area contributed by atoms with Crippen molar-refractivity contribution in [2.75, 3.05) is 13.2 Å². The maximum atomic E-state index is 14.6. The number of hydrogen-bond acceptors (Lipinski definition) is 3. The van der Waals surface area contributed by atoms with Gasteiger partial charge in [-0.05, 0) is 49.9 Å². The predicted octanol–water partition coefficient (Wildman–Crippen LogP) is 3.17. The molecule has 0 atom stereocenters. The zero-order chi connectivity index (χ0) is 15.3. The molecule has 3 rings (SSSR count). The number of aliphatic carboxylic acids is 1. The van der Waals surface area contributed by atoms with E-state index in [0.29, 0.717) is 30.3 Å². The van der Waals surface area contributed by atoms with Crippen molar-refractivity contribution < 1.29 is 23.8 Å². The second-order valence-electron chi connectivity index (χ2n) is 6.36. The first-order chi connectivity index (χ1) is 9.82. The van der Waals surface area contributed by atoms with Crippen LogP contribution in [0.5, 0.6) is 11.5 Å². The van der Waals surface area contributed by atoms with Crippen molar-refractivity contribution >= 4 is 5.97 Å². The summed E-state index contributed by atoms with van der Waals surface area (Å²) in [5.74, 6) is 0.266. The summed E-state index contributed by atoms with van der Waals surface area (Å²) < 4.78 is 25.7. The summed E-state index contributed by atoms with van der Waals surface area (Å²) in [6.45, 7) is 3.87. The molecule has 0 spiro atoms. The SMILES string of the molecule is CC(C)(F)c1cc2c(cc1C1(CC(=O)O)CC1)OCCO2. The third kappa shape index (κ3) is 2.57. The first-order valence-electron chi connectivity index (χ1n) is 7.17. The van der Waals surface area contributed by atoms with E-state index >= 15 is 0 Å². The summed E-state index contributed by atoms with van der Waals surface area (Å²) in [6, 6.07) is 3.45. The molecule has 21 heavy (non-hydrogen) atoms. The monoisotopic (exact) mass is 294 g/mol. The van der Waals surface area contributed by atoms with E-state index in [2.05, 4.69) is 0 Å². The summed E-state index contributed by atoms with van der Waals surface area (Å²) in [7, 11) is 0. The van der Waals surface area contributed by atoms with Crippen LogP contribution in [0.1, 0.15) is 44.2 Å². The Labute approximate surface area is 122 Å². The van der Waals surface area contributed by atoms with Gasteiger partial charge in [0.15, 0.2) is 11.5 Å². The van der Waals surface area contributed by atoms with E-state index in [-0.39, 0.29) is 6.42 Å². The second kappa shape index (κ2) is 4.61. The minimum atomic E-state index is -1.56. The highest BCUT2D eigenvalue weighted by Gasteiger charge is 2.49. The third-order valence-corrected chi connectivity index (χ3v) is 4.24. The van der Waals surface area contributed by atoms with Gasteiger partial charge in [0.25, 0.3) is 0 Å². The van der Waals surface area contributed by atoms with Crippen LogP contribution < -0.4 is 9.47 Å². The summed E-state index contributed by atoms with van der Waals surface area (Å²) in [4.78, 5) is 11.1. The van der Waals surface area contributed by atoms with E-state index in [1.165, 1.54) is 13.8 Å². The molecule has 1 fully saturated rings. The average molecular weight is 294 g/mol. The fourth-order valence-electron chi connectivity index (χ4n) is 3.00. The van der Waals surface area contributed by atoms with Gasteiger partial charge in [0.1, 0.15) is 18.9 Å². The molecule has 0 aromatic heterocycles. The molecule has 1 aliphatic heterocycles. The third-order valence-electron chi connectivity index (χ3n) is 4.24. The van der Waals surface area contributed by atoms with E-state index in [9.17, 15) is 9.18 Å². The van der Waals surface area contributed by atoms with Crippen molar-refractivity contribution in [3.8, 4) is 11.5 Å². The fourth-order valence-corrected chi connectivity index (χ4v) is 3.00. The van der Waals surface area contributed by atoms with Gasteiger partial charge in [-0.15, -0.1) is 0 Å². The Kier molecular flexibility index (Phi) is 3.11. The average Bonchev–Trinajstić information content (AvgIpc) is 3.16. The molecule has 114 valence electrons. The molecule has 1 heterocycles. The smallest absolute Gasteiger partial charge is 0.304 e. The Morgan fingerprint density at radius 2 is 1.86 bits per heavy atom. The molecular weight excluding hydrogens is 275 g/mol. The number of rotatable bonds is 4. The normalized spacial score (nSPS) is 19.2. The lowest BCUT2D eigenvalue weighted by molar-refractivity contribution is -0.137. The Hall–Kier alpha value is -1.78. The van der Waals surface area contributed by atoms with Crippen molar-refractivity contribution in [1.29, 1.82) is 0 Å². The summed E-state index contributed by atoms with van der Waals surface area (Å²) >= 11 is 0. The van der Waals surface area contributed by atoms with E-state index < -0.39 is 17.1 Å². The molecule has 0 bridgehead atoms. The van der Waals surface area contributed by atoms with Gasteiger partial charge in [0.05, 0.1) is 6.42 Å². The summed E-state index contributed by atoms with van der Waals surface area (Å²) in [5.41, 5.74) is -0.758. The van der Waals surface area contributed by atoms with E-state index in [1.807, 2.05) is 0 Å². The van der Waals surface area contributed by atoms with Gasteiger partial charge in [-0.3, -0.25) is 4.79 Å². The number of benzene rings is 1. The highest BCUT2D eigenvalue weighted by atomic mass is 19.1. The number of carboxylic acid groups (broad SMARTS) is 1. The number of hydrogen-bond donors (Lipinski definition) is 1. The van der Waals surface area contributed by atoms with Gasteiger partial charge < -0.3 is 14.6 Å². The Bertz CT molecular complexity index is 585. The lowest BCUT2D eigenvalue weighted by atomic mass is 9.83. The van der Waals surface area contributed by atoms with Crippen molar-refractivity contribution in [3.05, 3.63) is 23.3 Å². The Balaban J connectivity index is 2.11. The van der Waals surface area contributed by atoms with Crippen molar-refractivity contribution in [1.82, 2.24) is 0 Å². The van der Waals surface area contributed by atoms with Gasteiger partial charge in [-0.2, -0.15) is 0 Å². The number of alkyl halides is 1. The van der Waals surface area contributed by atoms with Crippen molar-refractivity contribution in [2.24, 2.45) is 0 Å². The van der Waals surface area contributed by atoms with Gasteiger partial charge in [0.2, 0.25) is 0 Å². The fraction of sp³-hybridized carbons (Fsp3) is 0.562. The Morgan fingerprint density at radius 3 is 2.33 bits per heavy atom. The zero-order valence-corrected chi connectivity index (χ0v) is 12.2. The van der Waals surface area contributed by atoms with Gasteiger partial charge in [-0.1, -0.05) is 0 Å². The lowest BCUT2D eigenvalue weighted by Crippen LogP contribution is -2.23. The molecule has 0 saturated heterocycles. The summed E-state index contributed by atoms with van der Waals surface area (Å²) in [5, 5.41) is 9.13. The number of halogens is 1. The molecule has 0 unspecified atom stereocenters. The lowest BCUT2D eigenvalue weighted by Gasteiger charge is -2.28.